The number of carbonyl (C=O) groups is 1. The van der Waals surface area contributed by atoms with Gasteiger partial charge in [0.25, 0.3) is 5.91 Å². The lowest BCUT2D eigenvalue weighted by molar-refractivity contribution is 0.0662. The third-order valence-electron chi connectivity index (χ3n) is 5.16. The summed E-state index contributed by atoms with van der Waals surface area (Å²) in [6, 6.07) is 5.64. The Hall–Kier alpha value is -2.76. The Morgan fingerprint density at radius 2 is 2.00 bits per heavy atom. The van der Waals surface area contributed by atoms with Crippen molar-refractivity contribution in [1.82, 2.24) is 24.4 Å². The molecule has 6 nitrogen and oxygen atoms in total. The van der Waals surface area contributed by atoms with E-state index in [9.17, 15) is 4.79 Å². The van der Waals surface area contributed by atoms with Gasteiger partial charge in [-0.05, 0) is 50.8 Å². The molecule has 134 valence electrons. The molecule has 1 aromatic carbocycles. The molecule has 1 fully saturated rings. The van der Waals surface area contributed by atoms with Gasteiger partial charge in [0.05, 0.1) is 28.7 Å². The van der Waals surface area contributed by atoms with E-state index < -0.39 is 0 Å². The molecule has 0 saturated carbocycles. The first-order valence-electron chi connectivity index (χ1n) is 9.10. The average molecular weight is 349 g/mol. The summed E-state index contributed by atoms with van der Waals surface area (Å²) in [6.07, 6.45) is 7.80. The molecule has 1 amide bonds. The molecular weight excluding hydrogens is 326 g/mol. The van der Waals surface area contributed by atoms with Gasteiger partial charge in [0.15, 0.2) is 0 Å². The Bertz CT molecular complexity index is 935. The largest absolute Gasteiger partial charge is 0.338 e. The number of amides is 1. The second-order valence-corrected chi connectivity index (χ2v) is 7.12. The molecule has 1 aliphatic heterocycles. The van der Waals surface area contributed by atoms with E-state index >= 15 is 0 Å². The zero-order chi connectivity index (χ0) is 18.1. The van der Waals surface area contributed by atoms with Gasteiger partial charge < -0.3 is 9.47 Å². The summed E-state index contributed by atoms with van der Waals surface area (Å²) >= 11 is 0. The first kappa shape index (κ1) is 16.7. The molecule has 0 aliphatic carbocycles. The van der Waals surface area contributed by atoms with Crippen LogP contribution in [0.4, 0.5) is 0 Å². The number of piperidine rings is 1. The number of hydrogen-bond acceptors (Lipinski definition) is 4. The lowest BCUT2D eigenvalue weighted by Gasteiger charge is -2.33. The highest BCUT2D eigenvalue weighted by Gasteiger charge is 2.25. The van der Waals surface area contributed by atoms with Crippen molar-refractivity contribution < 1.29 is 4.79 Å². The Morgan fingerprint density at radius 1 is 1.19 bits per heavy atom. The van der Waals surface area contributed by atoms with E-state index in [1.165, 1.54) is 0 Å². The molecule has 1 saturated heterocycles. The number of aromatic nitrogens is 4. The van der Waals surface area contributed by atoms with Gasteiger partial charge >= 0.3 is 0 Å². The summed E-state index contributed by atoms with van der Waals surface area (Å²) in [5.74, 6) is 0.550. The number of imidazole rings is 1. The predicted molar refractivity (Wildman–Crippen MR) is 99.9 cm³/mol. The van der Waals surface area contributed by atoms with E-state index in [0.717, 1.165) is 54.9 Å². The minimum Gasteiger partial charge on any atom is -0.338 e. The fourth-order valence-electron chi connectivity index (χ4n) is 3.64. The SMILES string of the molecule is Cc1nc2ccc(C(=O)N3CCCC(Cn4ccnc4)C3)cc2nc1C. The fourth-order valence-corrected chi connectivity index (χ4v) is 3.64. The van der Waals surface area contributed by atoms with Crippen LogP contribution in [-0.2, 0) is 6.54 Å². The molecule has 3 heterocycles. The van der Waals surface area contributed by atoms with Crippen molar-refractivity contribution >= 4 is 16.9 Å². The molecule has 1 unspecified atom stereocenters. The number of benzene rings is 1. The van der Waals surface area contributed by atoms with Crippen LogP contribution in [0.1, 0.15) is 34.6 Å². The van der Waals surface area contributed by atoms with E-state index in [1.807, 2.05) is 49.5 Å². The van der Waals surface area contributed by atoms with Crippen LogP contribution in [0.5, 0.6) is 0 Å². The molecule has 1 atom stereocenters. The van der Waals surface area contributed by atoms with Crippen LogP contribution in [0.25, 0.3) is 11.0 Å². The van der Waals surface area contributed by atoms with E-state index in [-0.39, 0.29) is 5.91 Å². The quantitative estimate of drug-likeness (QED) is 0.729. The second kappa shape index (κ2) is 6.86. The Balaban J connectivity index is 1.52. The Labute approximate surface area is 152 Å². The topological polar surface area (TPSA) is 63.9 Å². The number of aryl methyl sites for hydroxylation is 2. The number of likely N-dealkylation sites (tertiary alicyclic amines) is 1. The average Bonchev–Trinajstić information content (AvgIpc) is 3.15. The predicted octanol–water partition coefficient (Wildman–Crippen LogP) is 3.00. The van der Waals surface area contributed by atoms with E-state index in [2.05, 4.69) is 19.5 Å². The molecule has 4 rings (SSSR count). The third kappa shape index (κ3) is 3.31. The fraction of sp³-hybridized carbons (Fsp3) is 0.400. The van der Waals surface area contributed by atoms with Crippen molar-refractivity contribution in [3.63, 3.8) is 0 Å². The van der Waals surface area contributed by atoms with Gasteiger partial charge in [0.1, 0.15) is 0 Å². The van der Waals surface area contributed by atoms with Gasteiger partial charge in [0.2, 0.25) is 0 Å². The van der Waals surface area contributed by atoms with Gasteiger partial charge in [-0.1, -0.05) is 0 Å². The van der Waals surface area contributed by atoms with Crippen molar-refractivity contribution in [3.05, 3.63) is 53.9 Å². The van der Waals surface area contributed by atoms with Crippen LogP contribution in [-0.4, -0.2) is 43.4 Å². The summed E-state index contributed by atoms with van der Waals surface area (Å²) in [7, 11) is 0. The van der Waals surface area contributed by atoms with E-state index in [0.29, 0.717) is 11.5 Å². The van der Waals surface area contributed by atoms with Crippen LogP contribution in [0, 0.1) is 19.8 Å². The number of fused-ring (bicyclic) bond motifs is 1. The van der Waals surface area contributed by atoms with Crippen LogP contribution in [0.3, 0.4) is 0 Å². The minimum absolute atomic E-state index is 0.0854. The number of nitrogens with zero attached hydrogens (tertiary/aromatic N) is 5. The lowest BCUT2D eigenvalue weighted by atomic mass is 9.97. The highest BCUT2D eigenvalue weighted by Crippen LogP contribution is 2.22. The smallest absolute Gasteiger partial charge is 0.253 e. The zero-order valence-corrected chi connectivity index (χ0v) is 15.2. The molecule has 2 aromatic heterocycles. The van der Waals surface area contributed by atoms with E-state index in [4.69, 9.17) is 0 Å². The maximum Gasteiger partial charge on any atom is 0.253 e. The first-order valence-corrected chi connectivity index (χ1v) is 9.10. The maximum absolute atomic E-state index is 13.0. The summed E-state index contributed by atoms with van der Waals surface area (Å²) in [5.41, 5.74) is 4.14. The van der Waals surface area contributed by atoms with Crippen LogP contribution >= 0.6 is 0 Å². The molecule has 0 N–H and O–H groups in total. The molecule has 0 bridgehead atoms. The molecule has 6 heteroatoms. The lowest BCUT2D eigenvalue weighted by Crippen LogP contribution is -2.41. The molecule has 0 radical (unpaired) electrons. The minimum atomic E-state index is 0.0854. The summed E-state index contributed by atoms with van der Waals surface area (Å²) < 4.78 is 2.09. The van der Waals surface area contributed by atoms with Crippen molar-refractivity contribution in [2.45, 2.75) is 33.2 Å². The van der Waals surface area contributed by atoms with Gasteiger partial charge in [-0.15, -0.1) is 0 Å². The highest BCUT2D eigenvalue weighted by molar-refractivity contribution is 5.97. The standard InChI is InChI=1S/C20H23N5O/c1-14-15(2)23-19-10-17(5-6-18(19)22-14)20(26)25-8-3-4-16(12-25)11-24-9-7-21-13-24/h5-7,9-10,13,16H,3-4,8,11-12H2,1-2H3. The Morgan fingerprint density at radius 3 is 2.77 bits per heavy atom. The van der Waals surface area contributed by atoms with Crippen LogP contribution in [0.2, 0.25) is 0 Å². The van der Waals surface area contributed by atoms with Crippen LogP contribution in [0.15, 0.2) is 36.9 Å². The van der Waals surface area contributed by atoms with Crippen molar-refractivity contribution in [2.75, 3.05) is 13.1 Å². The van der Waals surface area contributed by atoms with Gasteiger partial charge in [-0.3, -0.25) is 4.79 Å². The Kier molecular flexibility index (Phi) is 4.41. The summed E-state index contributed by atoms with van der Waals surface area (Å²) in [4.78, 5) is 28.2. The number of carbonyl (C=O) groups excluding carboxylic acids is 1. The summed E-state index contributed by atoms with van der Waals surface area (Å²) in [5, 5.41) is 0. The maximum atomic E-state index is 13.0. The van der Waals surface area contributed by atoms with E-state index in [1.54, 1.807) is 6.20 Å². The monoisotopic (exact) mass is 349 g/mol. The van der Waals surface area contributed by atoms with Crippen molar-refractivity contribution in [3.8, 4) is 0 Å². The zero-order valence-electron chi connectivity index (χ0n) is 15.2. The van der Waals surface area contributed by atoms with Crippen molar-refractivity contribution in [1.29, 1.82) is 0 Å². The van der Waals surface area contributed by atoms with Crippen LogP contribution < -0.4 is 0 Å². The number of hydrogen-bond donors (Lipinski definition) is 0. The number of rotatable bonds is 3. The highest BCUT2D eigenvalue weighted by atomic mass is 16.2. The van der Waals surface area contributed by atoms with Gasteiger partial charge in [0, 0.05) is 37.6 Å². The molecule has 3 aromatic rings. The second-order valence-electron chi connectivity index (χ2n) is 7.12. The molecular formula is C20H23N5O. The first-order chi connectivity index (χ1) is 12.6. The third-order valence-corrected chi connectivity index (χ3v) is 5.16. The summed E-state index contributed by atoms with van der Waals surface area (Å²) in [6.45, 7) is 6.41. The van der Waals surface area contributed by atoms with Crippen molar-refractivity contribution in [2.24, 2.45) is 5.92 Å². The molecule has 1 aliphatic rings. The van der Waals surface area contributed by atoms with Gasteiger partial charge in [-0.25, -0.2) is 15.0 Å². The van der Waals surface area contributed by atoms with Gasteiger partial charge in [-0.2, -0.15) is 0 Å². The normalized spacial score (nSPS) is 17.6. The molecule has 26 heavy (non-hydrogen) atoms. The molecule has 0 spiro atoms.